The molecule has 2 atom stereocenters. The molecule has 0 aromatic heterocycles. The molecule has 18 heavy (non-hydrogen) atoms. The molecule has 0 aromatic rings. The molecule has 0 aliphatic heterocycles. The van der Waals surface area contributed by atoms with Crippen molar-refractivity contribution in [1.82, 2.24) is 5.32 Å². The molecule has 1 amide bonds. The highest BCUT2D eigenvalue weighted by Gasteiger charge is 2.32. The van der Waals surface area contributed by atoms with Crippen LogP contribution in [0.5, 0.6) is 0 Å². The van der Waals surface area contributed by atoms with Crippen LogP contribution in [0.3, 0.4) is 0 Å². The van der Waals surface area contributed by atoms with E-state index in [1.54, 1.807) is 0 Å². The first-order chi connectivity index (χ1) is 8.04. The van der Waals surface area contributed by atoms with Gasteiger partial charge in [-0.25, -0.2) is 0 Å². The Bertz CT molecular complexity index is 314. The molecule has 0 saturated heterocycles. The summed E-state index contributed by atoms with van der Waals surface area (Å²) in [5.41, 5.74) is 5.68. The third-order valence-corrected chi connectivity index (χ3v) is 3.62. The van der Waals surface area contributed by atoms with Gasteiger partial charge in [-0.3, -0.25) is 9.36 Å². The summed E-state index contributed by atoms with van der Waals surface area (Å²) < 4.78 is 11.3. The van der Waals surface area contributed by atoms with Crippen molar-refractivity contribution in [2.24, 2.45) is 17.6 Å². The van der Waals surface area contributed by atoms with Gasteiger partial charge in [0.25, 0.3) is 0 Å². The van der Waals surface area contributed by atoms with Crippen molar-refractivity contribution in [1.29, 1.82) is 0 Å². The molecular weight excluding hydrogens is 255 g/mol. The molecule has 0 aromatic carbocycles. The van der Waals surface area contributed by atoms with E-state index in [4.69, 9.17) is 5.73 Å². The Labute approximate surface area is 108 Å². The van der Waals surface area contributed by atoms with Gasteiger partial charge in [-0.05, 0) is 24.7 Å². The quantitative estimate of drug-likeness (QED) is 0.520. The predicted octanol–water partition coefficient (Wildman–Crippen LogP) is 1.03. The molecule has 5 N–H and O–H groups in total. The maximum atomic E-state index is 11.7. The Hall–Kier alpha value is -0.420. The standard InChI is InChI=1S/C11H25N2O4P/c1-7(2)5-9(12)11(14)13-10(6-8(3)4)18(15,16)17/h7-10H,5-6,12H2,1-4H3,(H,13,14)(H2,15,16,17)/t9-,10+/m0/s1. The number of rotatable bonds is 7. The Balaban J connectivity index is 4.59. The highest BCUT2D eigenvalue weighted by Crippen LogP contribution is 2.42. The smallest absolute Gasteiger partial charge is 0.341 e. The average Bonchev–Trinajstić information content (AvgIpc) is 2.13. The maximum absolute atomic E-state index is 11.7. The molecule has 6 nitrogen and oxygen atoms in total. The zero-order valence-electron chi connectivity index (χ0n) is 11.5. The van der Waals surface area contributed by atoms with Crippen LogP contribution in [0.15, 0.2) is 0 Å². The van der Waals surface area contributed by atoms with Crippen LogP contribution in [-0.2, 0) is 9.36 Å². The fourth-order valence-corrected chi connectivity index (χ4v) is 2.60. The predicted molar refractivity (Wildman–Crippen MR) is 70.9 cm³/mol. The van der Waals surface area contributed by atoms with Gasteiger partial charge in [-0.15, -0.1) is 0 Å². The number of hydrogen-bond acceptors (Lipinski definition) is 3. The minimum Gasteiger partial charge on any atom is -0.341 e. The second-order valence-electron chi connectivity index (χ2n) is 5.48. The molecule has 7 heteroatoms. The molecule has 0 bridgehead atoms. The monoisotopic (exact) mass is 280 g/mol. The molecule has 0 radical (unpaired) electrons. The summed E-state index contributed by atoms with van der Waals surface area (Å²) in [4.78, 5) is 30.1. The lowest BCUT2D eigenvalue weighted by Crippen LogP contribution is -2.46. The summed E-state index contributed by atoms with van der Waals surface area (Å²) in [5.74, 6) is -1.32. The van der Waals surface area contributed by atoms with Crippen molar-refractivity contribution in [2.75, 3.05) is 0 Å². The second-order valence-corrected chi connectivity index (χ2v) is 7.28. The van der Waals surface area contributed by atoms with Crippen LogP contribution in [0.1, 0.15) is 40.5 Å². The van der Waals surface area contributed by atoms with Crippen molar-refractivity contribution in [2.45, 2.75) is 52.4 Å². The molecule has 0 spiro atoms. The van der Waals surface area contributed by atoms with Crippen molar-refractivity contribution >= 4 is 13.5 Å². The van der Waals surface area contributed by atoms with Gasteiger partial charge in [0, 0.05) is 0 Å². The lowest BCUT2D eigenvalue weighted by molar-refractivity contribution is -0.123. The number of nitrogens with two attached hydrogens (primary N) is 1. The van der Waals surface area contributed by atoms with Crippen LogP contribution in [0.25, 0.3) is 0 Å². The van der Waals surface area contributed by atoms with E-state index in [0.29, 0.717) is 6.42 Å². The van der Waals surface area contributed by atoms with Crippen molar-refractivity contribution in [3.05, 3.63) is 0 Å². The van der Waals surface area contributed by atoms with Crippen molar-refractivity contribution < 1.29 is 19.1 Å². The van der Waals surface area contributed by atoms with Gasteiger partial charge in [0.2, 0.25) is 5.91 Å². The van der Waals surface area contributed by atoms with Crippen molar-refractivity contribution in [3.8, 4) is 0 Å². The van der Waals surface area contributed by atoms with Gasteiger partial charge in [-0.2, -0.15) is 0 Å². The maximum Gasteiger partial charge on any atom is 0.347 e. The Morgan fingerprint density at radius 3 is 1.94 bits per heavy atom. The Morgan fingerprint density at radius 1 is 1.17 bits per heavy atom. The SMILES string of the molecule is CC(C)C[C@H](NC(=O)[C@@H](N)CC(C)C)P(=O)(O)O. The molecule has 0 rings (SSSR count). The molecule has 0 aliphatic carbocycles. The summed E-state index contributed by atoms with van der Waals surface area (Å²) in [5, 5.41) is 2.37. The molecule has 0 unspecified atom stereocenters. The van der Waals surface area contributed by atoms with E-state index in [9.17, 15) is 19.1 Å². The number of carbonyl (C=O) groups excluding carboxylic acids is 1. The normalized spacial score (nSPS) is 15.8. The fraction of sp³-hybridized carbons (Fsp3) is 0.909. The Morgan fingerprint density at radius 2 is 1.61 bits per heavy atom. The van der Waals surface area contributed by atoms with Crippen LogP contribution < -0.4 is 11.1 Å². The first kappa shape index (κ1) is 17.6. The average molecular weight is 280 g/mol. The largest absolute Gasteiger partial charge is 0.347 e. The molecule has 108 valence electrons. The third-order valence-electron chi connectivity index (χ3n) is 2.47. The number of amides is 1. The number of hydrogen-bond donors (Lipinski definition) is 4. The highest BCUT2D eigenvalue weighted by atomic mass is 31.2. The highest BCUT2D eigenvalue weighted by molar-refractivity contribution is 7.52. The van der Waals surface area contributed by atoms with Crippen LogP contribution in [0.4, 0.5) is 0 Å². The van der Waals surface area contributed by atoms with Gasteiger partial charge in [0.05, 0.1) is 6.04 Å². The molecule has 0 heterocycles. The summed E-state index contributed by atoms with van der Waals surface area (Å²) in [6, 6.07) is -0.730. The van der Waals surface area contributed by atoms with E-state index in [2.05, 4.69) is 5.32 Å². The fourth-order valence-electron chi connectivity index (χ4n) is 1.61. The molecule has 0 saturated carbocycles. The lowest BCUT2D eigenvalue weighted by Gasteiger charge is -2.23. The molecular formula is C11H25N2O4P. The summed E-state index contributed by atoms with van der Waals surface area (Å²) in [6.45, 7) is 7.54. The van der Waals surface area contributed by atoms with Crippen LogP contribution in [0.2, 0.25) is 0 Å². The van der Waals surface area contributed by atoms with E-state index in [-0.39, 0.29) is 18.3 Å². The van der Waals surface area contributed by atoms with E-state index < -0.39 is 25.3 Å². The minimum atomic E-state index is -4.35. The lowest BCUT2D eigenvalue weighted by atomic mass is 10.0. The zero-order valence-corrected chi connectivity index (χ0v) is 12.4. The second kappa shape index (κ2) is 7.24. The van der Waals surface area contributed by atoms with E-state index in [1.165, 1.54) is 0 Å². The summed E-state index contributed by atoms with van der Waals surface area (Å²) in [6.07, 6.45) is 0.714. The van der Waals surface area contributed by atoms with E-state index in [0.717, 1.165) is 0 Å². The van der Waals surface area contributed by atoms with Crippen molar-refractivity contribution in [3.63, 3.8) is 0 Å². The number of carbonyl (C=O) groups is 1. The Kier molecular flexibility index (Phi) is 7.07. The molecule has 0 aliphatic rings. The van der Waals surface area contributed by atoms with Gasteiger partial charge < -0.3 is 20.8 Å². The van der Waals surface area contributed by atoms with Gasteiger partial charge in [0.15, 0.2) is 0 Å². The molecule has 0 fully saturated rings. The van der Waals surface area contributed by atoms with Gasteiger partial charge in [-0.1, -0.05) is 27.7 Å². The zero-order chi connectivity index (χ0) is 14.5. The van der Waals surface area contributed by atoms with Crippen LogP contribution >= 0.6 is 7.60 Å². The van der Waals surface area contributed by atoms with Gasteiger partial charge >= 0.3 is 7.60 Å². The minimum absolute atomic E-state index is 0.0734. The number of nitrogens with one attached hydrogen (secondary N) is 1. The first-order valence-corrected chi connectivity index (χ1v) is 7.83. The third kappa shape index (κ3) is 7.11. The topological polar surface area (TPSA) is 113 Å². The van der Waals surface area contributed by atoms with E-state index >= 15 is 0 Å². The van der Waals surface area contributed by atoms with Crippen LogP contribution in [0, 0.1) is 11.8 Å². The summed E-state index contributed by atoms with van der Waals surface area (Å²) >= 11 is 0. The van der Waals surface area contributed by atoms with Crippen LogP contribution in [-0.4, -0.2) is 27.5 Å². The first-order valence-electron chi connectivity index (χ1n) is 6.15. The summed E-state index contributed by atoms with van der Waals surface area (Å²) in [7, 11) is -4.35. The van der Waals surface area contributed by atoms with Gasteiger partial charge in [0.1, 0.15) is 5.78 Å². The van der Waals surface area contributed by atoms with E-state index in [1.807, 2.05) is 27.7 Å².